The summed E-state index contributed by atoms with van der Waals surface area (Å²) in [6.45, 7) is 4.10. The Balaban J connectivity index is 2.77. The molecule has 1 unspecified atom stereocenters. The fourth-order valence-electron chi connectivity index (χ4n) is 2.17. The lowest BCUT2D eigenvalue weighted by molar-refractivity contribution is -0.384. The molecule has 6 nitrogen and oxygen atoms in total. The van der Waals surface area contributed by atoms with Gasteiger partial charge in [0.15, 0.2) is 0 Å². The zero-order valence-electron chi connectivity index (χ0n) is 12.5. The zero-order valence-corrected chi connectivity index (χ0v) is 12.5. The van der Waals surface area contributed by atoms with E-state index in [9.17, 15) is 14.9 Å². The molecule has 0 saturated carbocycles. The quantitative estimate of drug-likeness (QED) is 0.407. The molecule has 0 amide bonds. The topological polar surface area (TPSA) is 92.5 Å². The highest BCUT2D eigenvalue weighted by Crippen LogP contribution is 2.24. The molecule has 1 aromatic carbocycles. The minimum atomic E-state index is -1.09. The molecule has 0 radical (unpaired) electrons. The molecule has 0 saturated heterocycles. The maximum Gasteiger partial charge on any atom is 0.337 e. The molecule has 0 spiro atoms. The van der Waals surface area contributed by atoms with Gasteiger partial charge in [0.2, 0.25) is 0 Å². The monoisotopic (exact) mass is 294 g/mol. The van der Waals surface area contributed by atoms with Crippen LogP contribution in [0.4, 0.5) is 11.4 Å². The van der Waals surface area contributed by atoms with E-state index in [4.69, 9.17) is 5.11 Å². The van der Waals surface area contributed by atoms with Crippen LogP contribution in [0.5, 0.6) is 0 Å². The van der Waals surface area contributed by atoms with Crippen molar-refractivity contribution in [3.8, 4) is 0 Å². The third kappa shape index (κ3) is 5.41. The molecule has 0 fully saturated rings. The summed E-state index contributed by atoms with van der Waals surface area (Å²) in [5, 5.41) is 23.0. The SMILES string of the molecule is CCCCCCC(C)Nc1cc([N+](=O)[O-])ccc1C(=O)O. The van der Waals surface area contributed by atoms with Gasteiger partial charge >= 0.3 is 5.97 Å². The lowest BCUT2D eigenvalue weighted by atomic mass is 10.1. The fraction of sp³-hybridized carbons (Fsp3) is 0.533. The molecule has 6 heteroatoms. The second kappa shape index (κ2) is 8.24. The predicted molar refractivity (Wildman–Crippen MR) is 81.9 cm³/mol. The molecule has 0 aliphatic rings. The van der Waals surface area contributed by atoms with E-state index in [2.05, 4.69) is 12.2 Å². The number of hydrogen-bond acceptors (Lipinski definition) is 4. The number of carboxylic acids is 1. The molecule has 0 bridgehead atoms. The van der Waals surface area contributed by atoms with Gasteiger partial charge in [-0.1, -0.05) is 32.6 Å². The van der Waals surface area contributed by atoms with E-state index in [-0.39, 0.29) is 17.3 Å². The minimum Gasteiger partial charge on any atom is -0.478 e. The third-order valence-corrected chi connectivity index (χ3v) is 3.34. The average molecular weight is 294 g/mol. The highest BCUT2D eigenvalue weighted by atomic mass is 16.6. The smallest absolute Gasteiger partial charge is 0.337 e. The van der Waals surface area contributed by atoms with Crippen molar-refractivity contribution in [2.75, 3.05) is 5.32 Å². The number of nitro groups is 1. The van der Waals surface area contributed by atoms with Gasteiger partial charge < -0.3 is 10.4 Å². The Labute approximate surface area is 124 Å². The number of carboxylic acid groups (broad SMARTS) is 1. The van der Waals surface area contributed by atoms with E-state index < -0.39 is 10.9 Å². The Bertz CT molecular complexity index is 502. The third-order valence-electron chi connectivity index (χ3n) is 3.34. The van der Waals surface area contributed by atoms with Crippen LogP contribution in [-0.4, -0.2) is 22.0 Å². The van der Waals surface area contributed by atoms with E-state index in [1.54, 1.807) is 0 Å². The van der Waals surface area contributed by atoms with Gasteiger partial charge in [-0.05, 0) is 19.4 Å². The van der Waals surface area contributed by atoms with Gasteiger partial charge in [0.1, 0.15) is 0 Å². The van der Waals surface area contributed by atoms with Crippen molar-refractivity contribution >= 4 is 17.3 Å². The van der Waals surface area contributed by atoms with Crippen molar-refractivity contribution in [1.29, 1.82) is 0 Å². The maximum absolute atomic E-state index is 11.2. The number of nitrogens with one attached hydrogen (secondary N) is 1. The van der Waals surface area contributed by atoms with Crippen molar-refractivity contribution in [3.63, 3.8) is 0 Å². The second-order valence-electron chi connectivity index (χ2n) is 5.19. The van der Waals surface area contributed by atoms with Crippen molar-refractivity contribution < 1.29 is 14.8 Å². The first-order chi connectivity index (χ1) is 9.95. The number of nitrogens with zero attached hydrogens (tertiary/aromatic N) is 1. The maximum atomic E-state index is 11.2. The molecule has 2 N–H and O–H groups in total. The van der Waals surface area contributed by atoms with Crippen LogP contribution >= 0.6 is 0 Å². The van der Waals surface area contributed by atoms with Crippen LogP contribution in [0.1, 0.15) is 56.3 Å². The molecule has 0 heterocycles. The van der Waals surface area contributed by atoms with E-state index in [0.29, 0.717) is 5.69 Å². The minimum absolute atomic E-state index is 0.0565. The normalized spacial score (nSPS) is 11.9. The second-order valence-corrected chi connectivity index (χ2v) is 5.19. The number of unbranched alkanes of at least 4 members (excludes halogenated alkanes) is 3. The molecule has 1 atom stereocenters. The summed E-state index contributed by atoms with van der Waals surface area (Å²) in [4.78, 5) is 21.4. The van der Waals surface area contributed by atoms with Gasteiger partial charge in [-0.25, -0.2) is 4.79 Å². The molecular formula is C15H22N2O4. The molecule has 21 heavy (non-hydrogen) atoms. The number of benzene rings is 1. The number of nitro benzene ring substituents is 1. The number of carbonyl (C=O) groups is 1. The number of aromatic carboxylic acids is 1. The standard InChI is InChI=1S/C15H22N2O4/c1-3-4-5-6-7-11(2)16-14-10-12(17(20)21)8-9-13(14)15(18)19/h8-11,16H,3-7H2,1-2H3,(H,18,19). The predicted octanol–water partition coefficient (Wildman–Crippen LogP) is 4.06. The Morgan fingerprint density at radius 3 is 2.67 bits per heavy atom. The average Bonchev–Trinajstić information content (AvgIpc) is 2.43. The van der Waals surface area contributed by atoms with E-state index in [1.165, 1.54) is 24.6 Å². The summed E-state index contributed by atoms with van der Waals surface area (Å²) >= 11 is 0. The number of rotatable bonds is 9. The molecule has 1 aromatic rings. The van der Waals surface area contributed by atoms with Crippen molar-refractivity contribution in [2.45, 2.75) is 52.0 Å². The highest BCUT2D eigenvalue weighted by Gasteiger charge is 2.16. The van der Waals surface area contributed by atoms with Crippen LogP contribution in [0.15, 0.2) is 18.2 Å². The summed E-state index contributed by atoms with van der Waals surface area (Å²) in [6.07, 6.45) is 5.45. The molecule has 0 aliphatic carbocycles. The first-order valence-corrected chi connectivity index (χ1v) is 7.24. The molecular weight excluding hydrogens is 272 g/mol. The summed E-state index contributed by atoms with van der Waals surface area (Å²) < 4.78 is 0. The highest BCUT2D eigenvalue weighted by molar-refractivity contribution is 5.94. The Kier molecular flexibility index (Phi) is 6.65. The van der Waals surface area contributed by atoms with Crippen LogP contribution in [0.3, 0.4) is 0 Å². The van der Waals surface area contributed by atoms with Crippen molar-refractivity contribution in [3.05, 3.63) is 33.9 Å². The first-order valence-electron chi connectivity index (χ1n) is 7.24. The number of hydrogen-bond donors (Lipinski definition) is 2. The number of anilines is 1. The van der Waals surface area contributed by atoms with Crippen LogP contribution in [-0.2, 0) is 0 Å². The van der Waals surface area contributed by atoms with Crippen molar-refractivity contribution in [1.82, 2.24) is 0 Å². The van der Waals surface area contributed by atoms with Crippen LogP contribution in [0, 0.1) is 10.1 Å². The Hall–Kier alpha value is -2.11. The summed E-state index contributed by atoms with van der Waals surface area (Å²) in [5.41, 5.74) is 0.251. The van der Waals surface area contributed by atoms with Gasteiger partial charge in [-0.15, -0.1) is 0 Å². The van der Waals surface area contributed by atoms with Crippen LogP contribution in [0.25, 0.3) is 0 Å². The first kappa shape index (κ1) is 16.9. The van der Waals surface area contributed by atoms with E-state index in [0.717, 1.165) is 25.7 Å². The Morgan fingerprint density at radius 2 is 2.10 bits per heavy atom. The summed E-state index contributed by atoms with van der Waals surface area (Å²) in [7, 11) is 0. The molecule has 0 aromatic heterocycles. The van der Waals surface area contributed by atoms with Crippen LogP contribution < -0.4 is 5.32 Å². The van der Waals surface area contributed by atoms with Gasteiger partial charge in [0.05, 0.1) is 16.2 Å². The largest absolute Gasteiger partial charge is 0.478 e. The van der Waals surface area contributed by atoms with Crippen LogP contribution in [0.2, 0.25) is 0 Å². The Morgan fingerprint density at radius 1 is 1.38 bits per heavy atom. The number of non-ortho nitro benzene ring substituents is 1. The molecule has 0 aliphatic heterocycles. The zero-order chi connectivity index (χ0) is 15.8. The van der Waals surface area contributed by atoms with Gasteiger partial charge in [-0.3, -0.25) is 10.1 Å². The van der Waals surface area contributed by atoms with E-state index in [1.807, 2.05) is 6.92 Å². The van der Waals surface area contributed by atoms with Gasteiger partial charge in [0, 0.05) is 18.2 Å². The van der Waals surface area contributed by atoms with Crippen molar-refractivity contribution in [2.24, 2.45) is 0 Å². The summed E-state index contributed by atoms with van der Waals surface area (Å²) in [5.74, 6) is -1.09. The van der Waals surface area contributed by atoms with Gasteiger partial charge in [-0.2, -0.15) is 0 Å². The molecule has 116 valence electrons. The fourth-order valence-corrected chi connectivity index (χ4v) is 2.17. The lowest BCUT2D eigenvalue weighted by Gasteiger charge is -2.16. The lowest BCUT2D eigenvalue weighted by Crippen LogP contribution is -2.17. The van der Waals surface area contributed by atoms with Gasteiger partial charge in [0.25, 0.3) is 5.69 Å². The molecule has 1 rings (SSSR count). The summed E-state index contributed by atoms with van der Waals surface area (Å²) in [6, 6.07) is 3.83. The van der Waals surface area contributed by atoms with E-state index >= 15 is 0 Å².